The van der Waals surface area contributed by atoms with Crippen molar-refractivity contribution >= 4 is 22.4 Å². The molecule has 0 aliphatic heterocycles. The molecule has 1 aromatic heterocycles. The summed E-state index contributed by atoms with van der Waals surface area (Å²) in [5, 5.41) is 29.4. The predicted molar refractivity (Wildman–Crippen MR) is 131 cm³/mol. The molecular formula is C27H30N2O5. The monoisotopic (exact) mass is 462 g/mol. The minimum Gasteiger partial charge on any atom is -0.390 e. The van der Waals surface area contributed by atoms with Crippen LogP contribution < -0.4 is 10.9 Å². The van der Waals surface area contributed by atoms with Gasteiger partial charge < -0.3 is 20.1 Å². The van der Waals surface area contributed by atoms with E-state index in [1.165, 1.54) is 6.07 Å². The maximum absolute atomic E-state index is 13.4. The van der Waals surface area contributed by atoms with Gasteiger partial charge in [-0.25, -0.2) is 4.79 Å². The molecule has 0 bridgehead atoms. The van der Waals surface area contributed by atoms with Crippen LogP contribution in [0.3, 0.4) is 0 Å². The van der Waals surface area contributed by atoms with Crippen molar-refractivity contribution in [2.24, 2.45) is 5.41 Å². The first kappa shape index (κ1) is 25.2. The summed E-state index contributed by atoms with van der Waals surface area (Å²) in [4.78, 5) is 25.3. The van der Waals surface area contributed by atoms with Crippen LogP contribution in [-0.4, -0.2) is 32.5 Å². The lowest BCUT2D eigenvalue weighted by Gasteiger charge is -2.40. The molecule has 0 radical (unpaired) electrons. The van der Waals surface area contributed by atoms with Gasteiger partial charge in [-0.1, -0.05) is 48.5 Å². The Morgan fingerprint density at radius 3 is 2.29 bits per heavy atom. The lowest BCUT2D eigenvalue weighted by Crippen LogP contribution is -2.50. The van der Waals surface area contributed by atoms with Crippen molar-refractivity contribution in [1.29, 1.82) is 0 Å². The Bertz CT molecular complexity index is 1340. The van der Waals surface area contributed by atoms with Crippen molar-refractivity contribution in [2.75, 3.05) is 5.32 Å². The van der Waals surface area contributed by atoms with Crippen LogP contribution in [0.15, 0.2) is 51.8 Å². The zero-order chi connectivity index (χ0) is 25.3. The quantitative estimate of drug-likeness (QED) is 0.498. The Morgan fingerprint density at radius 1 is 1.03 bits per heavy atom. The number of benzene rings is 2. The number of rotatable bonds is 5. The van der Waals surface area contributed by atoms with E-state index in [9.17, 15) is 19.8 Å². The number of hydrogen-bond donors (Lipinski definition) is 3. The highest BCUT2D eigenvalue weighted by molar-refractivity contribution is 6.01. The second-order valence-corrected chi connectivity index (χ2v) is 9.87. The molecule has 3 rings (SSSR count). The van der Waals surface area contributed by atoms with Crippen molar-refractivity contribution in [3.05, 3.63) is 69.7 Å². The van der Waals surface area contributed by atoms with Gasteiger partial charge in [0, 0.05) is 23.1 Å². The summed E-state index contributed by atoms with van der Waals surface area (Å²) in [6, 6.07) is 12.1. The van der Waals surface area contributed by atoms with Crippen molar-refractivity contribution < 1.29 is 19.5 Å². The van der Waals surface area contributed by atoms with Crippen molar-refractivity contribution in [1.82, 2.24) is 5.16 Å². The largest absolute Gasteiger partial charge is 0.390 e. The fraction of sp³-hybridized carbons (Fsp3) is 0.370. The van der Waals surface area contributed by atoms with Gasteiger partial charge in [-0.05, 0) is 63.4 Å². The average Bonchev–Trinajstić information content (AvgIpc) is 2.75. The van der Waals surface area contributed by atoms with Crippen LogP contribution in [0.25, 0.3) is 10.8 Å². The van der Waals surface area contributed by atoms with Gasteiger partial charge in [0.25, 0.3) is 5.91 Å². The molecule has 1 amide bonds. The third-order valence-corrected chi connectivity index (χ3v) is 6.35. The predicted octanol–water partition coefficient (Wildman–Crippen LogP) is 3.71. The average molecular weight is 463 g/mol. The van der Waals surface area contributed by atoms with Gasteiger partial charge in [0.05, 0.1) is 16.7 Å². The third-order valence-electron chi connectivity index (χ3n) is 6.35. The van der Waals surface area contributed by atoms with Crippen LogP contribution in [0.5, 0.6) is 0 Å². The van der Waals surface area contributed by atoms with Crippen LogP contribution in [0.1, 0.15) is 50.9 Å². The molecule has 0 aliphatic rings. The molecule has 0 saturated heterocycles. The molecule has 3 aromatic rings. The first-order valence-electron chi connectivity index (χ1n) is 11.0. The minimum absolute atomic E-state index is 0.119. The summed E-state index contributed by atoms with van der Waals surface area (Å²) < 4.78 is 4.74. The van der Waals surface area contributed by atoms with E-state index in [1.54, 1.807) is 46.8 Å². The molecule has 1 atom stereocenters. The molecule has 0 saturated carbocycles. The molecule has 178 valence electrons. The molecule has 2 aromatic carbocycles. The zero-order valence-electron chi connectivity index (χ0n) is 20.3. The van der Waals surface area contributed by atoms with Gasteiger partial charge >= 0.3 is 5.63 Å². The first-order valence-corrected chi connectivity index (χ1v) is 11.0. The standard InChI is InChI=1S/C27H30N2O5/c1-17-7-9-19(10-8-17)13-14-27(33,16-25(3,4)26(5,6)32)24(31)28-20-11-12-21-22(15-20)18(2)29-34-23(21)30/h7-12,15,32-33H,16H2,1-6H3,(H,28,31). The first-order chi connectivity index (χ1) is 15.7. The van der Waals surface area contributed by atoms with Crippen LogP contribution >= 0.6 is 0 Å². The molecule has 34 heavy (non-hydrogen) atoms. The van der Waals surface area contributed by atoms with E-state index in [1.807, 2.05) is 31.2 Å². The van der Waals surface area contributed by atoms with Gasteiger partial charge in [-0.15, -0.1) is 0 Å². The topological polar surface area (TPSA) is 113 Å². The number of aliphatic hydroxyl groups is 2. The van der Waals surface area contributed by atoms with E-state index < -0.39 is 28.1 Å². The molecule has 7 heteroatoms. The van der Waals surface area contributed by atoms with Crippen LogP contribution in [-0.2, 0) is 4.79 Å². The van der Waals surface area contributed by atoms with Gasteiger partial charge in [-0.2, -0.15) is 0 Å². The van der Waals surface area contributed by atoms with Crippen molar-refractivity contribution in [3.63, 3.8) is 0 Å². The van der Waals surface area contributed by atoms with E-state index >= 15 is 0 Å². The Kier molecular flexibility index (Phi) is 6.70. The Hall–Kier alpha value is -3.47. The van der Waals surface area contributed by atoms with E-state index in [0.717, 1.165) is 5.56 Å². The van der Waals surface area contributed by atoms with Crippen LogP contribution in [0, 0.1) is 31.1 Å². The number of hydrogen-bond acceptors (Lipinski definition) is 6. The molecular weight excluding hydrogens is 432 g/mol. The zero-order valence-corrected chi connectivity index (χ0v) is 20.3. The maximum Gasteiger partial charge on any atom is 0.366 e. The molecule has 1 unspecified atom stereocenters. The van der Waals surface area contributed by atoms with Crippen LogP contribution in [0.4, 0.5) is 5.69 Å². The summed E-state index contributed by atoms with van der Waals surface area (Å²) in [7, 11) is 0. The number of aromatic nitrogens is 1. The fourth-order valence-corrected chi connectivity index (χ4v) is 3.39. The highest BCUT2D eigenvalue weighted by Crippen LogP contribution is 2.38. The second kappa shape index (κ2) is 9.05. The molecule has 0 spiro atoms. The summed E-state index contributed by atoms with van der Waals surface area (Å²) in [6.07, 6.45) is -0.119. The normalized spacial score (nSPS) is 13.6. The lowest BCUT2D eigenvalue weighted by atomic mass is 9.70. The van der Waals surface area contributed by atoms with Gasteiger partial charge in [0.1, 0.15) is 0 Å². The second-order valence-electron chi connectivity index (χ2n) is 9.87. The SMILES string of the molecule is Cc1ccc(C#CC(O)(CC(C)(C)C(C)(C)O)C(=O)Nc2ccc3c(=O)onc(C)c3c2)cc1. The molecule has 7 nitrogen and oxygen atoms in total. The Labute approximate surface area is 198 Å². The van der Waals surface area contributed by atoms with E-state index in [2.05, 4.69) is 22.3 Å². The van der Waals surface area contributed by atoms with E-state index in [0.29, 0.717) is 27.7 Å². The van der Waals surface area contributed by atoms with E-state index in [4.69, 9.17) is 4.52 Å². The van der Waals surface area contributed by atoms with Gasteiger partial charge in [0.2, 0.25) is 5.60 Å². The summed E-state index contributed by atoms with van der Waals surface area (Å²) in [6.45, 7) is 10.4. The number of fused-ring (bicyclic) bond motifs is 1. The smallest absolute Gasteiger partial charge is 0.366 e. The number of nitrogens with zero attached hydrogens (tertiary/aromatic N) is 1. The number of amides is 1. The number of carbonyl (C=O) groups excluding carboxylic acids is 1. The van der Waals surface area contributed by atoms with E-state index in [-0.39, 0.29) is 6.42 Å². The maximum atomic E-state index is 13.4. The third kappa shape index (κ3) is 5.36. The number of anilines is 1. The molecule has 0 aliphatic carbocycles. The number of aryl methyl sites for hydroxylation is 2. The van der Waals surface area contributed by atoms with Gasteiger partial charge in [-0.3, -0.25) is 4.79 Å². The highest BCUT2D eigenvalue weighted by Gasteiger charge is 2.46. The molecule has 0 fully saturated rings. The van der Waals surface area contributed by atoms with Crippen molar-refractivity contribution in [2.45, 2.75) is 59.2 Å². The Morgan fingerprint density at radius 2 is 1.68 bits per heavy atom. The van der Waals surface area contributed by atoms with Crippen molar-refractivity contribution in [3.8, 4) is 11.8 Å². The minimum atomic E-state index is -2.10. The summed E-state index contributed by atoms with van der Waals surface area (Å²) >= 11 is 0. The molecule has 3 N–H and O–H groups in total. The lowest BCUT2D eigenvalue weighted by molar-refractivity contribution is -0.135. The Balaban J connectivity index is 2.01. The van der Waals surface area contributed by atoms with Crippen LogP contribution in [0.2, 0.25) is 0 Å². The number of nitrogens with one attached hydrogen (secondary N) is 1. The van der Waals surface area contributed by atoms with Gasteiger partial charge in [0.15, 0.2) is 0 Å². The summed E-state index contributed by atoms with van der Waals surface area (Å²) in [5.74, 6) is 4.90. The fourth-order valence-electron chi connectivity index (χ4n) is 3.39. The highest BCUT2D eigenvalue weighted by atomic mass is 16.5. The molecule has 1 heterocycles. The number of carbonyl (C=O) groups is 1. The summed E-state index contributed by atoms with van der Waals surface area (Å²) in [5.41, 5.74) is -2.16.